The standard InChI is InChI=1S/C14H19NO2/c1-10-2-3-13-11(8-10)12(16)9-14(17-13)4-6-15-7-5-14/h2-3,8,12,15-16H,4-7,9H2,1H3/t12-/m0/s1. The van der Waals surface area contributed by atoms with Crippen LogP contribution in [0.25, 0.3) is 0 Å². The van der Waals surface area contributed by atoms with Gasteiger partial charge in [0.2, 0.25) is 0 Å². The third-order valence-corrected chi connectivity index (χ3v) is 3.93. The minimum atomic E-state index is -0.378. The molecule has 2 heterocycles. The first-order valence-corrected chi connectivity index (χ1v) is 6.37. The van der Waals surface area contributed by atoms with Gasteiger partial charge in [-0.2, -0.15) is 0 Å². The fourth-order valence-electron chi connectivity index (χ4n) is 2.95. The Morgan fingerprint density at radius 3 is 2.88 bits per heavy atom. The lowest BCUT2D eigenvalue weighted by Crippen LogP contribution is -2.49. The van der Waals surface area contributed by atoms with Gasteiger partial charge in [0.15, 0.2) is 0 Å². The van der Waals surface area contributed by atoms with Crippen LogP contribution in [0.4, 0.5) is 0 Å². The highest BCUT2D eigenvalue weighted by Crippen LogP contribution is 2.43. The van der Waals surface area contributed by atoms with Crippen LogP contribution in [-0.2, 0) is 0 Å². The van der Waals surface area contributed by atoms with Gasteiger partial charge in [-0.3, -0.25) is 0 Å². The zero-order valence-electron chi connectivity index (χ0n) is 10.2. The van der Waals surface area contributed by atoms with Gasteiger partial charge >= 0.3 is 0 Å². The van der Waals surface area contributed by atoms with E-state index in [2.05, 4.69) is 5.32 Å². The van der Waals surface area contributed by atoms with Crippen LogP contribution in [-0.4, -0.2) is 23.8 Å². The number of fused-ring (bicyclic) bond motifs is 1. The molecular formula is C14H19NO2. The van der Waals surface area contributed by atoms with E-state index in [4.69, 9.17) is 4.74 Å². The Labute approximate surface area is 102 Å². The van der Waals surface area contributed by atoms with Gasteiger partial charge in [-0.25, -0.2) is 0 Å². The maximum absolute atomic E-state index is 10.3. The molecule has 0 aliphatic carbocycles. The fraction of sp³-hybridized carbons (Fsp3) is 0.571. The summed E-state index contributed by atoms with van der Waals surface area (Å²) in [5.41, 5.74) is 1.98. The molecule has 2 N–H and O–H groups in total. The van der Waals surface area contributed by atoms with Gasteiger partial charge in [-0.05, 0) is 45.0 Å². The van der Waals surface area contributed by atoms with E-state index in [1.54, 1.807) is 0 Å². The largest absolute Gasteiger partial charge is 0.487 e. The highest BCUT2D eigenvalue weighted by atomic mass is 16.5. The van der Waals surface area contributed by atoms with E-state index in [9.17, 15) is 5.11 Å². The molecule has 0 unspecified atom stereocenters. The van der Waals surface area contributed by atoms with Gasteiger partial charge in [0.25, 0.3) is 0 Å². The Bertz CT molecular complexity index is 424. The molecule has 0 radical (unpaired) electrons. The SMILES string of the molecule is Cc1ccc2c(c1)[C@@H](O)CC1(CCNCC1)O2. The van der Waals surface area contributed by atoms with Crippen LogP contribution in [0.1, 0.15) is 36.5 Å². The molecule has 3 nitrogen and oxygen atoms in total. The van der Waals surface area contributed by atoms with Gasteiger partial charge < -0.3 is 15.2 Å². The van der Waals surface area contributed by atoms with E-state index in [0.717, 1.165) is 43.7 Å². The number of aryl methyl sites for hydroxylation is 1. The Hall–Kier alpha value is -1.06. The van der Waals surface area contributed by atoms with Crippen molar-refractivity contribution in [2.24, 2.45) is 0 Å². The highest BCUT2D eigenvalue weighted by molar-refractivity contribution is 5.41. The van der Waals surface area contributed by atoms with E-state index < -0.39 is 0 Å². The van der Waals surface area contributed by atoms with Gasteiger partial charge in [0.05, 0.1) is 6.10 Å². The number of benzene rings is 1. The lowest BCUT2D eigenvalue weighted by molar-refractivity contribution is -0.0337. The topological polar surface area (TPSA) is 41.5 Å². The molecule has 17 heavy (non-hydrogen) atoms. The molecule has 1 aromatic carbocycles. The monoisotopic (exact) mass is 233 g/mol. The predicted octanol–water partition coefficient (Wildman–Crippen LogP) is 1.93. The summed E-state index contributed by atoms with van der Waals surface area (Å²) in [7, 11) is 0. The molecule has 2 aliphatic heterocycles. The first kappa shape index (κ1) is 11.1. The Morgan fingerprint density at radius 1 is 1.35 bits per heavy atom. The van der Waals surface area contributed by atoms with Crippen LogP contribution in [0.3, 0.4) is 0 Å². The lowest BCUT2D eigenvalue weighted by atomic mass is 9.82. The molecule has 1 fully saturated rings. The summed E-state index contributed by atoms with van der Waals surface area (Å²) in [5, 5.41) is 13.6. The number of rotatable bonds is 0. The molecule has 0 aromatic heterocycles. The van der Waals surface area contributed by atoms with Crippen molar-refractivity contribution in [1.82, 2.24) is 5.32 Å². The highest BCUT2D eigenvalue weighted by Gasteiger charge is 2.41. The molecule has 1 saturated heterocycles. The number of piperidine rings is 1. The van der Waals surface area contributed by atoms with Crippen LogP contribution >= 0.6 is 0 Å². The zero-order chi connectivity index (χ0) is 11.9. The minimum absolute atomic E-state index is 0.146. The summed E-state index contributed by atoms with van der Waals surface area (Å²) >= 11 is 0. The third kappa shape index (κ3) is 1.94. The summed E-state index contributed by atoms with van der Waals surface area (Å²) < 4.78 is 6.19. The van der Waals surface area contributed by atoms with Crippen molar-refractivity contribution in [2.45, 2.75) is 37.9 Å². The lowest BCUT2D eigenvalue weighted by Gasteiger charge is -2.43. The van der Waals surface area contributed by atoms with Crippen LogP contribution < -0.4 is 10.1 Å². The maximum Gasteiger partial charge on any atom is 0.125 e. The van der Waals surface area contributed by atoms with Crippen molar-refractivity contribution in [2.75, 3.05) is 13.1 Å². The summed E-state index contributed by atoms with van der Waals surface area (Å²) in [4.78, 5) is 0. The van der Waals surface area contributed by atoms with Crippen molar-refractivity contribution >= 4 is 0 Å². The van der Waals surface area contributed by atoms with Crippen molar-refractivity contribution in [3.63, 3.8) is 0 Å². The van der Waals surface area contributed by atoms with E-state index in [-0.39, 0.29) is 11.7 Å². The predicted molar refractivity (Wildman–Crippen MR) is 66.2 cm³/mol. The van der Waals surface area contributed by atoms with Gasteiger partial charge in [0.1, 0.15) is 11.4 Å². The summed E-state index contributed by atoms with van der Waals surface area (Å²) in [6, 6.07) is 6.08. The Kier molecular flexibility index (Phi) is 2.60. The van der Waals surface area contributed by atoms with Crippen molar-refractivity contribution in [3.8, 4) is 5.75 Å². The van der Waals surface area contributed by atoms with E-state index in [1.807, 2.05) is 25.1 Å². The summed E-state index contributed by atoms with van der Waals surface area (Å²) in [5.74, 6) is 0.872. The number of hydrogen-bond acceptors (Lipinski definition) is 3. The zero-order valence-corrected chi connectivity index (χ0v) is 10.2. The molecule has 3 heteroatoms. The second-order valence-corrected chi connectivity index (χ2v) is 5.30. The fourth-order valence-corrected chi connectivity index (χ4v) is 2.95. The van der Waals surface area contributed by atoms with Gasteiger partial charge in [0, 0.05) is 12.0 Å². The van der Waals surface area contributed by atoms with E-state index >= 15 is 0 Å². The molecular weight excluding hydrogens is 214 g/mol. The third-order valence-electron chi connectivity index (χ3n) is 3.93. The molecule has 1 aromatic rings. The number of nitrogens with one attached hydrogen (secondary N) is 1. The Balaban J connectivity index is 1.94. The molecule has 0 saturated carbocycles. The first-order valence-electron chi connectivity index (χ1n) is 6.37. The molecule has 2 aliphatic rings. The maximum atomic E-state index is 10.3. The molecule has 1 atom stereocenters. The first-order chi connectivity index (χ1) is 8.19. The normalized spacial score (nSPS) is 26.4. The number of hydrogen-bond donors (Lipinski definition) is 2. The van der Waals surface area contributed by atoms with Gasteiger partial charge in [-0.1, -0.05) is 11.6 Å². The summed E-state index contributed by atoms with van der Waals surface area (Å²) in [6.07, 6.45) is 2.32. The van der Waals surface area contributed by atoms with Gasteiger partial charge in [-0.15, -0.1) is 0 Å². The average molecular weight is 233 g/mol. The van der Waals surface area contributed by atoms with E-state index in [0.29, 0.717) is 0 Å². The molecule has 3 rings (SSSR count). The van der Waals surface area contributed by atoms with Crippen LogP contribution in [0, 0.1) is 6.92 Å². The molecule has 92 valence electrons. The molecule has 0 bridgehead atoms. The van der Waals surface area contributed by atoms with Crippen LogP contribution in [0.5, 0.6) is 5.75 Å². The van der Waals surface area contributed by atoms with Crippen LogP contribution in [0.15, 0.2) is 18.2 Å². The number of aliphatic hydroxyl groups is 1. The smallest absolute Gasteiger partial charge is 0.125 e. The quantitative estimate of drug-likeness (QED) is 0.719. The second-order valence-electron chi connectivity index (χ2n) is 5.30. The Morgan fingerprint density at radius 2 is 2.12 bits per heavy atom. The molecule has 1 spiro atoms. The minimum Gasteiger partial charge on any atom is -0.487 e. The molecule has 0 amide bonds. The van der Waals surface area contributed by atoms with E-state index in [1.165, 1.54) is 5.56 Å². The summed E-state index contributed by atoms with van der Waals surface area (Å²) in [6.45, 7) is 4.00. The van der Waals surface area contributed by atoms with Crippen molar-refractivity contribution in [3.05, 3.63) is 29.3 Å². The van der Waals surface area contributed by atoms with Crippen LogP contribution in [0.2, 0.25) is 0 Å². The number of aliphatic hydroxyl groups excluding tert-OH is 1. The van der Waals surface area contributed by atoms with Crippen molar-refractivity contribution < 1.29 is 9.84 Å². The second kappa shape index (κ2) is 4.00. The number of ether oxygens (including phenoxy) is 1. The average Bonchev–Trinajstić information content (AvgIpc) is 2.31. The van der Waals surface area contributed by atoms with Crippen molar-refractivity contribution in [1.29, 1.82) is 0 Å².